The first-order valence-electron chi connectivity index (χ1n) is 3.73. The standard InChI is InChI=1S/C7H14N2/c1-8-4-7-2-6(3-7)9-5-7/h6,8-9H,2-5H2,1H3. The zero-order valence-electron chi connectivity index (χ0n) is 5.91. The first kappa shape index (κ1) is 5.69. The fourth-order valence-electron chi connectivity index (χ4n) is 2.22. The molecular weight excluding hydrogens is 112 g/mol. The van der Waals surface area contributed by atoms with Gasteiger partial charge in [-0.25, -0.2) is 0 Å². The van der Waals surface area contributed by atoms with Crippen LogP contribution < -0.4 is 10.6 Å². The van der Waals surface area contributed by atoms with Crippen molar-refractivity contribution in [2.75, 3.05) is 20.1 Å². The van der Waals surface area contributed by atoms with E-state index < -0.39 is 0 Å². The summed E-state index contributed by atoms with van der Waals surface area (Å²) in [5.41, 5.74) is 0.666. The van der Waals surface area contributed by atoms with Gasteiger partial charge < -0.3 is 10.6 Å². The van der Waals surface area contributed by atoms with Crippen LogP contribution in [0.25, 0.3) is 0 Å². The van der Waals surface area contributed by atoms with E-state index in [1.165, 1.54) is 25.9 Å². The molecule has 3 aliphatic rings. The van der Waals surface area contributed by atoms with Gasteiger partial charge in [-0.2, -0.15) is 0 Å². The van der Waals surface area contributed by atoms with Crippen molar-refractivity contribution >= 4 is 0 Å². The monoisotopic (exact) mass is 126 g/mol. The summed E-state index contributed by atoms with van der Waals surface area (Å²) in [5.74, 6) is 0. The highest BCUT2D eigenvalue weighted by atomic mass is 15.1. The van der Waals surface area contributed by atoms with Crippen LogP contribution in [0.4, 0.5) is 0 Å². The maximum absolute atomic E-state index is 3.48. The molecule has 1 saturated carbocycles. The van der Waals surface area contributed by atoms with Crippen molar-refractivity contribution in [2.45, 2.75) is 18.9 Å². The van der Waals surface area contributed by atoms with E-state index in [-0.39, 0.29) is 0 Å². The number of fused-ring (bicyclic) bond motifs is 1. The lowest BCUT2D eigenvalue weighted by atomic mass is 9.70. The molecule has 1 aliphatic carbocycles. The molecule has 52 valence electrons. The summed E-state index contributed by atoms with van der Waals surface area (Å²) >= 11 is 0. The molecule has 2 saturated heterocycles. The Hall–Kier alpha value is -0.0800. The van der Waals surface area contributed by atoms with E-state index in [2.05, 4.69) is 10.6 Å². The van der Waals surface area contributed by atoms with Crippen molar-refractivity contribution in [3.05, 3.63) is 0 Å². The maximum Gasteiger partial charge on any atom is 0.00798 e. The van der Waals surface area contributed by atoms with Crippen molar-refractivity contribution in [1.29, 1.82) is 0 Å². The van der Waals surface area contributed by atoms with Crippen LogP contribution in [0.15, 0.2) is 0 Å². The van der Waals surface area contributed by atoms with Gasteiger partial charge in [0.1, 0.15) is 0 Å². The summed E-state index contributed by atoms with van der Waals surface area (Å²) in [6, 6.07) is 0.873. The lowest BCUT2D eigenvalue weighted by Gasteiger charge is -2.36. The van der Waals surface area contributed by atoms with E-state index >= 15 is 0 Å². The Kier molecular flexibility index (Phi) is 1.08. The molecular formula is C7H14N2. The first-order chi connectivity index (χ1) is 4.35. The van der Waals surface area contributed by atoms with E-state index in [4.69, 9.17) is 0 Å². The highest BCUT2D eigenvalue weighted by molar-refractivity contribution is 5.06. The van der Waals surface area contributed by atoms with E-state index in [0.29, 0.717) is 5.41 Å². The van der Waals surface area contributed by atoms with E-state index in [0.717, 1.165) is 6.04 Å². The molecule has 0 aromatic heterocycles. The molecule has 2 bridgehead atoms. The predicted molar refractivity (Wildman–Crippen MR) is 37.4 cm³/mol. The van der Waals surface area contributed by atoms with Crippen LogP contribution in [-0.4, -0.2) is 26.2 Å². The fourth-order valence-corrected chi connectivity index (χ4v) is 2.22. The lowest BCUT2D eigenvalue weighted by Crippen LogP contribution is -2.40. The lowest BCUT2D eigenvalue weighted by molar-refractivity contribution is 0.195. The Bertz CT molecular complexity index is 111. The Morgan fingerprint density at radius 1 is 1.67 bits per heavy atom. The van der Waals surface area contributed by atoms with Crippen molar-refractivity contribution in [3.8, 4) is 0 Å². The van der Waals surface area contributed by atoms with Crippen LogP contribution in [0.5, 0.6) is 0 Å². The Morgan fingerprint density at radius 2 is 2.44 bits per heavy atom. The summed E-state index contributed by atoms with van der Waals surface area (Å²) in [7, 11) is 2.04. The molecule has 0 aromatic carbocycles. The molecule has 2 heterocycles. The third-order valence-corrected chi connectivity index (χ3v) is 2.68. The highest BCUT2D eigenvalue weighted by Crippen LogP contribution is 2.45. The average Bonchev–Trinajstić information content (AvgIpc) is 2.22. The van der Waals surface area contributed by atoms with Crippen LogP contribution >= 0.6 is 0 Å². The van der Waals surface area contributed by atoms with Crippen molar-refractivity contribution in [3.63, 3.8) is 0 Å². The largest absolute Gasteiger partial charge is 0.319 e. The van der Waals surface area contributed by atoms with Gasteiger partial charge in [-0.1, -0.05) is 0 Å². The number of hydrogen-bond acceptors (Lipinski definition) is 2. The van der Waals surface area contributed by atoms with Gasteiger partial charge in [0.25, 0.3) is 0 Å². The summed E-state index contributed by atoms with van der Waals surface area (Å²) < 4.78 is 0. The topological polar surface area (TPSA) is 24.1 Å². The van der Waals surface area contributed by atoms with Gasteiger partial charge in [0.15, 0.2) is 0 Å². The SMILES string of the molecule is CNCC12CNC(C1)C2. The zero-order chi connectivity index (χ0) is 6.32. The minimum absolute atomic E-state index is 0.666. The molecule has 0 radical (unpaired) electrons. The number of hydrogen-bond donors (Lipinski definition) is 2. The van der Waals surface area contributed by atoms with Gasteiger partial charge in [0.2, 0.25) is 0 Å². The third kappa shape index (κ3) is 0.700. The summed E-state index contributed by atoms with van der Waals surface area (Å²) in [6.07, 6.45) is 2.82. The molecule has 3 rings (SSSR count). The number of nitrogens with one attached hydrogen (secondary N) is 2. The highest BCUT2D eigenvalue weighted by Gasteiger charge is 2.49. The molecule has 0 unspecified atom stereocenters. The Labute approximate surface area is 56.0 Å². The van der Waals surface area contributed by atoms with Crippen LogP contribution in [0.2, 0.25) is 0 Å². The summed E-state index contributed by atoms with van der Waals surface area (Å²) in [6.45, 7) is 2.45. The van der Waals surface area contributed by atoms with Gasteiger partial charge in [-0.3, -0.25) is 0 Å². The van der Waals surface area contributed by atoms with Crippen LogP contribution in [0.1, 0.15) is 12.8 Å². The van der Waals surface area contributed by atoms with Gasteiger partial charge in [-0.15, -0.1) is 0 Å². The normalized spacial score (nSPS) is 47.0. The molecule has 2 nitrogen and oxygen atoms in total. The van der Waals surface area contributed by atoms with Gasteiger partial charge >= 0.3 is 0 Å². The van der Waals surface area contributed by atoms with Crippen LogP contribution in [0, 0.1) is 5.41 Å². The molecule has 2 N–H and O–H groups in total. The molecule has 0 spiro atoms. The second-order valence-corrected chi connectivity index (χ2v) is 3.52. The Balaban J connectivity index is 1.95. The maximum atomic E-state index is 3.48. The van der Waals surface area contributed by atoms with Crippen LogP contribution in [-0.2, 0) is 0 Å². The average molecular weight is 126 g/mol. The van der Waals surface area contributed by atoms with Crippen LogP contribution in [0.3, 0.4) is 0 Å². The smallest absolute Gasteiger partial charge is 0.00798 e. The van der Waals surface area contributed by atoms with E-state index in [9.17, 15) is 0 Å². The second kappa shape index (κ2) is 1.70. The van der Waals surface area contributed by atoms with Gasteiger partial charge in [0, 0.05) is 19.1 Å². The third-order valence-electron chi connectivity index (χ3n) is 2.68. The number of rotatable bonds is 2. The minimum Gasteiger partial charge on any atom is -0.319 e. The molecule has 0 amide bonds. The predicted octanol–water partition coefficient (Wildman–Crippen LogP) is -0.0422. The second-order valence-electron chi connectivity index (χ2n) is 3.52. The summed E-state index contributed by atoms with van der Waals surface area (Å²) in [5, 5.41) is 6.73. The first-order valence-corrected chi connectivity index (χ1v) is 3.73. The van der Waals surface area contributed by atoms with E-state index in [1.807, 2.05) is 7.05 Å². The van der Waals surface area contributed by atoms with Crippen molar-refractivity contribution in [2.24, 2.45) is 5.41 Å². The van der Waals surface area contributed by atoms with Crippen molar-refractivity contribution in [1.82, 2.24) is 10.6 Å². The molecule has 9 heavy (non-hydrogen) atoms. The molecule has 0 aromatic rings. The molecule has 2 aliphatic heterocycles. The molecule has 2 heteroatoms. The minimum atomic E-state index is 0.666. The Morgan fingerprint density at radius 3 is 2.89 bits per heavy atom. The quantitative estimate of drug-likeness (QED) is 0.542. The van der Waals surface area contributed by atoms with Crippen molar-refractivity contribution < 1.29 is 0 Å². The zero-order valence-corrected chi connectivity index (χ0v) is 5.91. The fraction of sp³-hybridized carbons (Fsp3) is 1.00. The molecule has 0 atom stereocenters. The van der Waals surface area contributed by atoms with E-state index in [1.54, 1.807) is 0 Å². The van der Waals surface area contributed by atoms with Gasteiger partial charge in [-0.05, 0) is 25.3 Å². The summed E-state index contributed by atoms with van der Waals surface area (Å²) in [4.78, 5) is 0. The molecule has 3 fully saturated rings. The van der Waals surface area contributed by atoms with Gasteiger partial charge in [0.05, 0.1) is 0 Å².